The average Bonchev–Trinajstić information content (AvgIpc) is 3.36. The highest BCUT2D eigenvalue weighted by molar-refractivity contribution is 5.76. The van der Waals surface area contributed by atoms with Crippen LogP contribution in [0, 0.1) is 0 Å². The minimum Gasteiger partial charge on any atom is -0.394 e. The van der Waals surface area contributed by atoms with Crippen LogP contribution in [0.4, 0.5) is 0 Å². The van der Waals surface area contributed by atoms with Gasteiger partial charge in [-0.2, -0.15) is 0 Å². The van der Waals surface area contributed by atoms with E-state index in [0.29, 0.717) is 6.42 Å². The van der Waals surface area contributed by atoms with E-state index < -0.39 is 12.1 Å². The Balaban J connectivity index is 3.35. The van der Waals surface area contributed by atoms with Crippen molar-refractivity contribution in [2.45, 2.75) is 398 Å². The number of allylic oxidation sites excluding steroid dienone is 1. The summed E-state index contributed by atoms with van der Waals surface area (Å²) in [6.45, 7) is 4.36. The van der Waals surface area contributed by atoms with Gasteiger partial charge in [0.2, 0.25) is 5.91 Å². The lowest BCUT2D eigenvalue weighted by atomic mass is 10.0. The molecule has 0 heterocycles. The van der Waals surface area contributed by atoms with Crippen LogP contribution in [0.1, 0.15) is 386 Å². The van der Waals surface area contributed by atoms with E-state index in [4.69, 9.17) is 0 Å². The normalized spacial score (nSPS) is 12.7. The number of nitrogens with one attached hydrogen (secondary N) is 1. The van der Waals surface area contributed by atoms with E-state index in [2.05, 4.69) is 19.2 Å². The second-order valence-corrected chi connectivity index (χ2v) is 22.9. The first-order valence-electron chi connectivity index (χ1n) is 32.9. The van der Waals surface area contributed by atoms with Crippen molar-refractivity contribution in [1.82, 2.24) is 5.32 Å². The van der Waals surface area contributed by atoms with Crippen LogP contribution in [0.3, 0.4) is 0 Å². The first-order chi connectivity index (χ1) is 34.7. The van der Waals surface area contributed by atoms with Gasteiger partial charge < -0.3 is 15.5 Å². The summed E-state index contributed by atoms with van der Waals surface area (Å²) in [4.78, 5) is 12.5. The zero-order valence-corrected chi connectivity index (χ0v) is 48.3. The Morgan fingerprint density at radius 2 is 0.529 bits per heavy atom. The molecule has 3 N–H and O–H groups in total. The Bertz CT molecular complexity index is 982. The molecular formula is C66H131NO3. The number of carbonyl (C=O) groups is 1. The van der Waals surface area contributed by atoms with Crippen LogP contribution < -0.4 is 5.32 Å². The monoisotopic (exact) mass is 986 g/mol. The zero-order valence-electron chi connectivity index (χ0n) is 48.3. The van der Waals surface area contributed by atoms with E-state index in [-0.39, 0.29) is 12.5 Å². The maximum absolute atomic E-state index is 12.5. The van der Waals surface area contributed by atoms with Gasteiger partial charge in [-0.3, -0.25) is 4.79 Å². The van der Waals surface area contributed by atoms with Gasteiger partial charge in [0.1, 0.15) is 0 Å². The van der Waals surface area contributed by atoms with Crippen LogP contribution in [-0.4, -0.2) is 34.9 Å². The average molecular weight is 987 g/mol. The number of hydrogen-bond donors (Lipinski definition) is 3. The third kappa shape index (κ3) is 58.0. The van der Waals surface area contributed by atoms with Crippen molar-refractivity contribution in [3.05, 3.63) is 12.2 Å². The Hall–Kier alpha value is -0.870. The number of unbranched alkanes of at least 4 members (excludes halogenated alkanes) is 55. The topological polar surface area (TPSA) is 69.6 Å². The minimum atomic E-state index is -0.836. The molecule has 0 aromatic carbocycles. The lowest BCUT2D eigenvalue weighted by Crippen LogP contribution is -2.45. The molecule has 0 rings (SSSR count). The number of aliphatic hydroxyl groups is 2. The standard InChI is InChI=1S/C66H131NO3/c1-3-5-7-9-11-13-15-17-19-21-23-24-25-26-27-28-29-30-31-32-33-34-35-36-37-38-39-40-41-42-43-44-46-48-50-52-54-56-58-60-62-66(70)67-64(63-68)65(69)61-59-57-55-53-51-49-47-45-22-20-18-16-14-12-10-8-6-4-2/h59,61,64-65,68-69H,3-58,60,62-63H2,1-2H3,(H,67,70)/b61-59+. The Morgan fingerprint density at radius 1 is 0.329 bits per heavy atom. The highest BCUT2D eigenvalue weighted by atomic mass is 16.3. The molecule has 0 spiro atoms. The Morgan fingerprint density at radius 3 is 0.743 bits per heavy atom. The van der Waals surface area contributed by atoms with Crippen molar-refractivity contribution < 1.29 is 15.0 Å². The maximum Gasteiger partial charge on any atom is 0.220 e. The molecule has 0 radical (unpaired) electrons. The molecular weight excluding hydrogens is 855 g/mol. The molecule has 0 aliphatic carbocycles. The molecule has 2 unspecified atom stereocenters. The molecule has 0 saturated heterocycles. The summed E-state index contributed by atoms with van der Waals surface area (Å²) in [6.07, 6.45) is 83.0. The van der Waals surface area contributed by atoms with Crippen molar-refractivity contribution in [2.24, 2.45) is 0 Å². The fourth-order valence-electron chi connectivity index (χ4n) is 10.8. The van der Waals surface area contributed by atoms with Gasteiger partial charge in [-0.05, 0) is 19.3 Å². The number of amides is 1. The van der Waals surface area contributed by atoms with Gasteiger partial charge in [0, 0.05) is 6.42 Å². The summed E-state index contributed by atoms with van der Waals surface area (Å²) in [5.74, 6) is -0.0547. The highest BCUT2D eigenvalue weighted by Crippen LogP contribution is 2.19. The van der Waals surface area contributed by atoms with E-state index in [0.717, 1.165) is 25.7 Å². The number of rotatable bonds is 62. The molecule has 0 aromatic heterocycles. The quantitative estimate of drug-likeness (QED) is 0.0420. The van der Waals surface area contributed by atoms with E-state index in [1.165, 1.54) is 340 Å². The lowest BCUT2D eigenvalue weighted by molar-refractivity contribution is -0.123. The summed E-state index contributed by atoms with van der Waals surface area (Å²) >= 11 is 0. The molecule has 0 fully saturated rings. The Labute approximate surface area is 441 Å². The van der Waals surface area contributed by atoms with Crippen LogP contribution in [0.25, 0.3) is 0 Å². The van der Waals surface area contributed by atoms with Gasteiger partial charge >= 0.3 is 0 Å². The molecule has 2 atom stereocenters. The van der Waals surface area contributed by atoms with Crippen LogP contribution >= 0.6 is 0 Å². The predicted molar refractivity (Wildman–Crippen MR) is 313 cm³/mol. The largest absolute Gasteiger partial charge is 0.394 e. The fourth-order valence-corrected chi connectivity index (χ4v) is 10.8. The van der Waals surface area contributed by atoms with Crippen molar-refractivity contribution in [3.63, 3.8) is 0 Å². The molecule has 0 bridgehead atoms. The smallest absolute Gasteiger partial charge is 0.220 e. The summed E-state index contributed by atoms with van der Waals surface area (Å²) in [5, 5.41) is 23.2. The number of aliphatic hydroxyl groups excluding tert-OH is 2. The third-order valence-corrected chi connectivity index (χ3v) is 15.8. The SMILES string of the molecule is CCCCCCCCCCCCCCCCCC/C=C/C(O)C(CO)NC(=O)CCCCCCCCCCCCCCCCCCCCCCCCCCCCCCCCCCCCCCCCCC. The second kappa shape index (κ2) is 62.4. The van der Waals surface area contributed by atoms with Gasteiger partial charge in [-0.1, -0.05) is 373 Å². The van der Waals surface area contributed by atoms with E-state index in [1.807, 2.05) is 6.08 Å². The fraction of sp³-hybridized carbons (Fsp3) is 0.955. The highest BCUT2D eigenvalue weighted by Gasteiger charge is 2.18. The summed E-state index contributed by atoms with van der Waals surface area (Å²) in [5.41, 5.74) is 0. The van der Waals surface area contributed by atoms with Crippen LogP contribution in [0.2, 0.25) is 0 Å². The molecule has 4 nitrogen and oxygen atoms in total. The van der Waals surface area contributed by atoms with Crippen molar-refractivity contribution in [1.29, 1.82) is 0 Å². The molecule has 0 saturated carbocycles. The molecule has 4 heteroatoms. The van der Waals surface area contributed by atoms with Crippen molar-refractivity contribution >= 4 is 5.91 Å². The molecule has 0 aromatic rings. The minimum absolute atomic E-state index is 0.0547. The maximum atomic E-state index is 12.5. The van der Waals surface area contributed by atoms with Crippen molar-refractivity contribution in [2.75, 3.05) is 6.61 Å². The number of carbonyl (C=O) groups excluding carboxylic acids is 1. The van der Waals surface area contributed by atoms with Gasteiger partial charge in [0.25, 0.3) is 0 Å². The van der Waals surface area contributed by atoms with E-state index in [9.17, 15) is 15.0 Å². The molecule has 0 aliphatic heterocycles. The van der Waals surface area contributed by atoms with Crippen LogP contribution in [0.15, 0.2) is 12.2 Å². The molecule has 0 aliphatic rings. The third-order valence-electron chi connectivity index (χ3n) is 15.8. The predicted octanol–water partition coefficient (Wildman–Crippen LogP) is 22.0. The lowest BCUT2D eigenvalue weighted by Gasteiger charge is -2.20. The first-order valence-corrected chi connectivity index (χ1v) is 32.9. The van der Waals surface area contributed by atoms with Gasteiger partial charge in [-0.25, -0.2) is 0 Å². The van der Waals surface area contributed by atoms with Gasteiger partial charge in [0.05, 0.1) is 18.8 Å². The summed E-state index contributed by atoms with van der Waals surface area (Å²) in [7, 11) is 0. The summed E-state index contributed by atoms with van der Waals surface area (Å²) in [6, 6.07) is -0.618. The zero-order chi connectivity index (χ0) is 50.6. The number of hydrogen-bond acceptors (Lipinski definition) is 3. The first kappa shape index (κ1) is 69.1. The summed E-state index contributed by atoms with van der Waals surface area (Å²) < 4.78 is 0. The second-order valence-electron chi connectivity index (χ2n) is 22.9. The van der Waals surface area contributed by atoms with E-state index >= 15 is 0 Å². The Kier molecular flexibility index (Phi) is 61.6. The van der Waals surface area contributed by atoms with Gasteiger partial charge in [-0.15, -0.1) is 0 Å². The van der Waals surface area contributed by atoms with Gasteiger partial charge in [0.15, 0.2) is 0 Å². The molecule has 70 heavy (non-hydrogen) atoms. The molecule has 1 amide bonds. The molecule has 418 valence electrons. The van der Waals surface area contributed by atoms with Crippen LogP contribution in [0.5, 0.6) is 0 Å². The van der Waals surface area contributed by atoms with Crippen molar-refractivity contribution in [3.8, 4) is 0 Å². The van der Waals surface area contributed by atoms with Crippen LogP contribution in [-0.2, 0) is 4.79 Å². The van der Waals surface area contributed by atoms with E-state index in [1.54, 1.807) is 6.08 Å².